The zero-order valence-corrected chi connectivity index (χ0v) is 11.0. The van der Waals surface area contributed by atoms with Gasteiger partial charge in [0.25, 0.3) is 5.91 Å². The Morgan fingerprint density at radius 3 is 2.94 bits per heavy atom. The molecule has 1 heterocycles. The van der Waals surface area contributed by atoms with Crippen molar-refractivity contribution in [3.05, 3.63) is 22.8 Å². The Bertz CT molecular complexity index is 430. The largest absolute Gasteiger partial charge is 0.384 e. The van der Waals surface area contributed by atoms with Crippen LogP contribution in [0.1, 0.15) is 42.5 Å². The SMILES string of the molecule is Nc1cc(C(=O)NCCC2CCCC2)c(Cl)cn1. The minimum atomic E-state index is -0.174. The maximum absolute atomic E-state index is 11.9. The number of nitrogens with two attached hydrogens (primary N) is 1. The number of halogens is 1. The summed E-state index contributed by atoms with van der Waals surface area (Å²) in [6.45, 7) is 0.696. The zero-order valence-electron chi connectivity index (χ0n) is 10.3. The average molecular weight is 268 g/mol. The van der Waals surface area contributed by atoms with E-state index in [0.717, 1.165) is 12.3 Å². The lowest BCUT2D eigenvalue weighted by atomic mass is 10.0. The standard InChI is InChI=1S/C13H18ClN3O/c14-11-8-17-12(15)7-10(11)13(18)16-6-5-9-3-1-2-4-9/h7-9H,1-6H2,(H2,15,17)(H,16,18). The highest BCUT2D eigenvalue weighted by Gasteiger charge is 2.16. The van der Waals surface area contributed by atoms with Crippen LogP contribution in [0, 0.1) is 5.92 Å². The molecule has 18 heavy (non-hydrogen) atoms. The molecule has 0 radical (unpaired) electrons. The molecule has 1 aliphatic rings. The highest BCUT2D eigenvalue weighted by Crippen LogP contribution is 2.27. The van der Waals surface area contributed by atoms with Gasteiger partial charge in [-0.3, -0.25) is 4.79 Å². The summed E-state index contributed by atoms with van der Waals surface area (Å²) in [5.74, 6) is 0.899. The molecule has 1 saturated carbocycles. The monoisotopic (exact) mass is 267 g/mol. The second-order valence-corrected chi connectivity index (χ2v) is 5.19. The smallest absolute Gasteiger partial charge is 0.252 e. The van der Waals surface area contributed by atoms with Crippen molar-refractivity contribution in [2.24, 2.45) is 5.92 Å². The number of carbonyl (C=O) groups excluding carboxylic acids is 1. The predicted octanol–water partition coefficient (Wildman–Crippen LogP) is 2.63. The molecule has 0 bridgehead atoms. The Hall–Kier alpha value is -1.29. The minimum Gasteiger partial charge on any atom is -0.384 e. The van der Waals surface area contributed by atoms with Gasteiger partial charge in [-0.25, -0.2) is 4.98 Å². The summed E-state index contributed by atoms with van der Waals surface area (Å²) in [4.78, 5) is 15.7. The lowest BCUT2D eigenvalue weighted by Gasteiger charge is -2.10. The highest BCUT2D eigenvalue weighted by atomic mass is 35.5. The van der Waals surface area contributed by atoms with E-state index in [2.05, 4.69) is 10.3 Å². The maximum Gasteiger partial charge on any atom is 0.252 e. The first kappa shape index (κ1) is 13.1. The average Bonchev–Trinajstić information content (AvgIpc) is 2.85. The molecule has 0 spiro atoms. The van der Waals surface area contributed by atoms with Crippen LogP contribution in [0.3, 0.4) is 0 Å². The van der Waals surface area contributed by atoms with Gasteiger partial charge in [-0.05, 0) is 18.4 Å². The number of pyridine rings is 1. The minimum absolute atomic E-state index is 0.174. The molecule has 0 aromatic carbocycles. The van der Waals surface area contributed by atoms with Crippen LogP contribution >= 0.6 is 11.6 Å². The Balaban J connectivity index is 1.85. The topological polar surface area (TPSA) is 68.0 Å². The Morgan fingerprint density at radius 2 is 2.22 bits per heavy atom. The number of nitrogens with zero attached hydrogens (tertiary/aromatic N) is 1. The number of hydrogen-bond acceptors (Lipinski definition) is 3. The molecule has 1 aliphatic carbocycles. The normalized spacial score (nSPS) is 15.8. The zero-order chi connectivity index (χ0) is 13.0. The molecular formula is C13H18ClN3O. The van der Waals surface area contributed by atoms with Gasteiger partial charge in [-0.2, -0.15) is 0 Å². The number of anilines is 1. The lowest BCUT2D eigenvalue weighted by molar-refractivity contribution is 0.0951. The van der Waals surface area contributed by atoms with Crippen LogP contribution in [0.15, 0.2) is 12.3 Å². The number of nitrogen functional groups attached to an aromatic ring is 1. The molecule has 5 heteroatoms. The first-order valence-electron chi connectivity index (χ1n) is 6.36. The molecule has 0 saturated heterocycles. The molecule has 1 fully saturated rings. The quantitative estimate of drug-likeness (QED) is 0.881. The molecule has 3 N–H and O–H groups in total. The molecule has 0 atom stereocenters. The summed E-state index contributed by atoms with van der Waals surface area (Å²) in [6, 6.07) is 1.51. The Labute approximate surface area is 112 Å². The third-order valence-electron chi connectivity index (χ3n) is 3.43. The second kappa shape index (κ2) is 6.05. The fourth-order valence-corrected chi connectivity index (χ4v) is 2.60. The number of aromatic nitrogens is 1. The van der Waals surface area contributed by atoms with Crippen LogP contribution in [0.4, 0.5) is 5.82 Å². The summed E-state index contributed by atoms with van der Waals surface area (Å²) in [5, 5.41) is 3.22. The van der Waals surface area contributed by atoms with Gasteiger partial charge < -0.3 is 11.1 Å². The van der Waals surface area contributed by atoms with E-state index in [9.17, 15) is 4.79 Å². The molecule has 0 aliphatic heterocycles. The van der Waals surface area contributed by atoms with Crippen molar-refractivity contribution < 1.29 is 4.79 Å². The van der Waals surface area contributed by atoms with E-state index >= 15 is 0 Å². The summed E-state index contributed by atoms with van der Waals surface area (Å²) in [7, 11) is 0. The number of hydrogen-bond donors (Lipinski definition) is 2. The van der Waals surface area contributed by atoms with E-state index in [1.165, 1.54) is 37.9 Å². The van der Waals surface area contributed by atoms with Gasteiger partial charge in [0.2, 0.25) is 0 Å². The van der Waals surface area contributed by atoms with Gasteiger partial charge in [0.1, 0.15) is 5.82 Å². The number of nitrogens with one attached hydrogen (secondary N) is 1. The van der Waals surface area contributed by atoms with Crippen molar-refractivity contribution in [2.45, 2.75) is 32.1 Å². The van der Waals surface area contributed by atoms with Crippen molar-refractivity contribution in [3.8, 4) is 0 Å². The van der Waals surface area contributed by atoms with Crippen LogP contribution in [-0.4, -0.2) is 17.4 Å². The predicted molar refractivity (Wildman–Crippen MR) is 72.6 cm³/mol. The van der Waals surface area contributed by atoms with E-state index in [4.69, 9.17) is 17.3 Å². The van der Waals surface area contributed by atoms with Crippen LogP contribution < -0.4 is 11.1 Å². The molecule has 4 nitrogen and oxygen atoms in total. The molecule has 98 valence electrons. The third kappa shape index (κ3) is 3.35. The third-order valence-corrected chi connectivity index (χ3v) is 3.74. The molecule has 1 aromatic heterocycles. The van der Waals surface area contributed by atoms with Gasteiger partial charge >= 0.3 is 0 Å². The second-order valence-electron chi connectivity index (χ2n) is 4.78. The summed E-state index contributed by atoms with van der Waals surface area (Å²) in [6.07, 6.45) is 7.68. The van der Waals surface area contributed by atoms with Crippen LogP contribution in [0.25, 0.3) is 0 Å². The van der Waals surface area contributed by atoms with Crippen LogP contribution in [0.2, 0.25) is 5.02 Å². The number of rotatable bonds is 4. The fraction of sp³-hybridized carbons (Fsp3) is 0.538. The molecule has 0 unspecified atom stereocenters. The Kier molecular flexibility index (Phi) is 4.42. The maximum atomic E-state index is 11.9. The molecule has 1 aromatic rings. The van der Waals surface area contributed by atoms with Gasteiger partial charge in [-0.1, -0.05) is 37.3 Å². The first-order valence-corrected chi connectivity index (χ1v) is 6.74. The van der Waals surface area contributed by atoms with Crippen molar-refractivity contribution >= 4 is 23.3 Å². The Morgan fingerprint density at radius 1 is 1.50 bits per heavy atom. The lowest BCUT2D eigenvalue weighted by Crippen LogP contribution is -2.26. The van der Waals surface area contributed by atoms with Gasteiger partial charge in [-0.15, -0.1) is 0 Å². The van der Waals surface area contributed by atoms with Crippen molar-refractivity contribution in [1.82, 2.24) is 10.3 Å². The summed E-state index contributed by atoms with van der Waals surface area (Å²) < 4.78 is 0. The van der Waals surface area contributed by atoms with Gasteiger partial charge in [0.05, 0.1) is 10.6 Å². The van der Waals surface area contributed by atoms with E-state index in [-0.39, 0.29) is 5.91 Å². The number of carbonyl (C=O) groups is 1. The van der Waals surface area contributed by atoms with Crippen molar-refractivity contribution in [2.75, 3.05) is 12.3 Å². The van der Waals surface area contributed by atoms with E-state index in [0.29, 0.717) is 22.9 Å². The van der Waals surface area contributed by atoms with Crippen molar-refractivity contribution in [3.63, 3.8) is 0 Å². The van der Waals surface area contributed by atoms with Crippen LogP contribution in [-0.2, 0) is 0 Å². The molecule has 1 amide bonds. The van der Waals surface area contributed by atoms with Crippen molar-refractivity contribution in [1.29, 1.82) is 0 Å². The summed E-state index contributed by atoms with van der Waals surface area (Å²) in [5.41, 5.74) is 5.94. The first-order chi connectivity index (χ1) is 8.66. The molecular weight excluding hydrogens is 250 g/mol. The fourth-order valence-electron chi connectivity index (χ4n) is 2.41. The van der Waals surface area contributed by atoms with Gasteiger partial charge in [0, 0.05) is 12.7 Å². The van der Waals surface area contributed by atoms with Gasteiger partial charge in [0.15, 0.2) is 0 Å². The highest BCUT2D eigenvalue weighted by molar-refractivity contribution is 6.33. The molecule has 2 rings (SSSR count). The van der Waals surface area contributed by atoms with Crippen LogP contribution in [0.5, 0.6) is 0 Å². The van der Waals surface area contributed by atoms with E-state index < -0.39 is 0 Å². The van der Waals surface area contributed by atoms with E-state index in [1.807, 2.05) is 0 Å². The number of amides is 1. The summed E-state index contributed by atoms with van der Waals surface area (Å²) >= 11 is 5.92. The van der Waals surface area contributed by atoms with E-state index in [1.54, 1.807) is 0 Å².